The molecule has 3 nitrogen and oxygen atoms in total. The number of alkyl halides is 2. The van der Waals surface area contributed by atoms with Gasteiger partial charge in [-0.25, -0.2) is 4.39 Å². The van der Waals surface area contributed by atoms with Crippen LogP contribution >= 0.6 is 11.8 Å². The number of halogens is 3. The molecule has 0 aliphatic heterocycles. The third-order valence-corrected chi connectivity index (χ3v) is 4.11. The van der Waals surface area contributed by atoms with Crippen LogP contribution in [0, 0.1) is 5.82 Å². The highest BCUT2D eigenvalue weighted by atomic mass is 32.2. The predicted molar refractivity (Wildman–Crippen MR) is 89.8 cm³/mol. The van der Waals surface area contributed by atoms with Gasteiger partial charge in [0, 0.05) is 16.5 Å². The Morgan fingerprint density at radius 3 is 2.50 bits per heavy atom. The number of carbonyl (C=O) groups is 1. The number of amides is 1. The summed E-state index contributed by atoms with van der Waals surface area (Å²) < 4.78 is 38.7. The van der Waals surface area contributed by atoms with E-state index < -0.39 is 5.76 Å². The van der Waals surface area contributed by atoms with Crippen LogP contribution in [0.5, 0.6) is 0 Å². The minimum Gasteiger partial charge on any atom is -0.324 e. The lowest BCUT2D eigenvalue weighted by Crippen LogP contribution is -2.30. The zero-order valence-corrected chi connectivity index (χ0v) is 13.7. The minimum absolute atomic E-state index is 0.0663. The molecule has 128 valence electrons. The number of carbonyl (C=O) groups excluding carboxylic acids is 1. The monoisotopic (exact) mass is 354 g/mol. The molecule has 1 amide bonds. The standard InChI is InChI=1S/C17H17F3N2OS/c1-11(12-6-2-3-7-13(12)18)21-10-16(23)22-14-8-4-5-9-15(14)24-17(19)20/h2-9,11,17,21H,10H2,1H3,(H,22,23). The van der Waals surface area contributed by atoms with Crippen LogP contribution in [0.3, 0.4) is 0 Å². The van der Waals surface area contributed by atoms with E-state index in [0.717, 1.165) is 0 Å². The van der Waals surface area contributed by atoms with Gasteiger partial charge in [0.05, 0.1) is 12.2 Å². The lowest BCUT2D eigenvalue weighted by molar-refractivity contribution is -0.115. The van der Waals surface area contributed by atoms with Crippen LogP contribution in [0.4, 0.5) is 18.9 Å². The van der Waals surface area contributed by atoms with Gasteiger partial charge in [-0.3, -0.25) is 4.79 Å². The Kier molecular flexibility index (Phi) is 6.69. The van der Waals surface area contributed by atoms with Crippen molar-refractivity contribution in [2.75, 3.05) is 11.9 Å². The van der Waals surface area contributed by atoms with Gasteiger partial charge in [-0.05, 0) is 25.1 Å². The Morgan fingerprint density at radius 1 is 1.12 bits per heavy atom. The summed E-state index contributed by atoms with van der Waals surface area (Å²) in [7, 11) is 0. The van der Waals surface area contributed by atoms with Crippen molar-refractivity contribution in [1.82, 2.24) is 5.32 Å². The van der Waals surface area contributed by atoms with Crippen LogP contribution < -0.4 is 10.6 Å². The molecule has 0 aromatic heterocycles. The van der Waals surface area contributed by atoms with Crippen molar-refractivity contribution in [3.05, 3.63) is 59.9 Å². The van der Waals surface area contributed by atoms with Crippen LogP contribution in [0.15, 0.2) is 53.4 Å². The maximum absolute atomic E-state index is 13.7. The molecule has 2 N–H and O–H groups in total. The Morgan fingerprint density at radius 2 is 1.79 bits per heavy atom. The summed E-state index contributed by atoms with van der Waals surface area (Å²) in [6.07, 6.45) is 0. The third-order valence-electron chi connectivity index (χ3n) is 3.32. The zero-order chi connectivity index (χ0) is 17.5. The van der Waals surface area contributed by atoms with Crippen molar-refractivity contribution in [3.63, 3.8) is 0 Å². The Bertz CT molecular complexity index is 697. The Balaban J connectivity index is 1.93. The Labute approximate surface area is 142 Å². The number of hydrogen-bond acceptors (Lipinski definition) is 3. The summed E-state index contributed by atoms with van der Waals surface area (Å²) in [5.74, 6) is -3.31. The largest absolute Gasteiger partial charge is 0.324 e. The molecular weight excluding hydrogens is 337 g/mol. The molecule has 0 aliphatic carbocycles. The highest BCUT2D eigenvalue weighted by Crippen LogP contribution is 2.31. The van der Waals surface area contributed by atoms with E-state index in [1.807, 2.05) is 0 Å². The number of nitrogens with one attached hydrogen (secondary N) is 2. The SMILES string of the molecule is CC(NCC(=O)Nc1ccccc1SC(F)F)c1ccccc1F. The van der Waals surface area contributed by atoms with Crippen LogP contribution in [-0.4, -0.2) is 18.2 Å². The molecule has 0 bridgehead atoms. The maximum atomic E-state index is 13.7. The van der Waals surface area contributed by atoms with Gasteiger partial charge in [-0.1, -0.05) is 42.1 Å². The van der Waals surface area contributed by atoms with Gasteiger partial charge in [0.1, 0.15) is 5.82 Å². The lowest BCUT2D eigenvalue weighted by Gasteiger charge is -2.15. The average Bonchev–Trinajstić information content (AvgIpc) is 2.54. The fourth-order valence-corrected chi connectivity index (χ4v) is 2.74. The van der Waals surface area contributed by atoms with E-state index in [1.165, 1.54) is 12.1 Å². The van der Waals surface area contributed by atoms with Crippen molar-refractivity contribution in [2.24, 2.45) is 0 Å². The highest BCUT2D eigenvalue weighted by molar-refractivity contribution is 7.99. The molecule has 1 atom stereocenters. The fraction of sp³-hybridized carbons (Fsp3) is 0.235. The molecule has 0 spiro atoms. The molecule has 0 aliphatic rings. The summed E-state index contributed by atoms with van der Waals surface area (Å²) in [6.45, 7) is 1.68. The predicted octanol–water partition coefficient (Wildman–Crippen LogP) is 4.43. The highest BCUT2D eigenvalue weighted by Gasteiger charge is 2.14. The molecule has 0 fully saturated rings. The van der Waals surface area contributed by atoms with E-state index in [-0.39, 0.29) is 24.3 Å². The molecule has 0 heterocycles. The average molecular weight is 354 g/mol. The zero-order valence-electron chi connectivity index (χ0n) is 12.9. The van der Waals surface area contributed by atoms with Gasteiger partial charge in [-0.2, -0.15) is 8.78 Å². The smallest absolute Gasteiger partial charge is 0.288 e. The van der Waals surface area contributed by atoms with Crippen LogP contribution in [0.2, 0.25) is 0 Å². The number of hydrogen-bond donors (Lipinski definition) is 2. The van der Waals surface area contributed by atoms with Crippen molar-refractivity contribution < 1.29 is 18.0 Å². The molecule has 24 heavy (non-hydrogen) atoms. The summed E-state index contributed by atoms with van der Waals surface area (Å²) in [6, 6.07) is 12.3. The Hall–Kier alpha value is -1.99. The summed E-state index contributed by atoms with van der Waals surface area (Å²) in [4.78, 5) is 12.3. The first-order valence-electron chi connectivity index (χ1n) is 7.29. The van der Waals surface area contributed by atoms with Gasteiger partial charge in [-0.15, -0.1) is 0 Å². The molecule has 7 heteroatoms. The summed E-state index contributed by atoms with van der Waals surface area (Å²) >= 11 is 0.372. The van der Waals surface area contributed by atoms with Gasteiger partial charge < -0.3 is 10.6 Å². The second-order valence-electron chi connectivity index (χ2n) is 5.05. The second kappa shape index (κ2) is 8.75. The first-order chi connectivity index (χ1) is 11.5. The summed E-state index contributed by atoms with van der Waals surface area (Å²) in [5.41, 5.74) is 0.784. The second-order valence-corrected chi connectivity index (χ2v) is 6.08. The van der Waals surface area contributed by atoms with Gasteiger partial charge >= 0.3 is 0 Å². The van der Waals surface area contributed by atoms with E-state index in [0.29, 0.717) is 27.9 Å². The quantitative estimate of drug-likeness (QED) is 0.723. The molecule has 2 aromatic rings. The summed E-state index contributed by atoms with van der Waals surface area (Å²) in [5, 5.41) is 5.50. The van der Waals surface area contributed by atoms with Crippen LogP contribution in [-0.2, 0) is 4.79 Å². The van der Waals surface area contributed by atoms with Crippen LogP contribution in [0.25, 0.3) is 0 Å². The molecular formula is C17H17F3N2OS. The van der Waals surface area contributed by atoms with Crippen molar-refractivity contribution in [1.29, 1.82) is 0 Å². The maximum Gasteiger partial charge on any atom is 0.288 e. The van der Waals surface area contributed by atoms with E-state index >= 15 is 0 Å². The van der Waals surface area contributed by atoms with Crippen LogP contribution in [0.1, 0.15) is 18.5 Å². The molecule has 2 aromatic carbocycles. The van der Waals surface area contributed by atoms with E-state index in [4.69, 9.17) is 0 Å². The first-order valence-corrected chi connectivity index (χ1v) is 8.17. The van der Waals surface area contributed by atoms with Gasteiger partial charge in [0.25, 0.3) is 5.76 Å². The van der Waals surface area contributed by atoms with E-state index in [1.54, 1.807) is 43.3 Å². The molecule has 2 rings (SSSR count). The molecule has 1 unspecified atom stereocenters. The molecule has 0 saturated carbocycles. The van der Waals surface area contributed by atoms with Crippen molar-refractivity contribution in [3.8, 4) is 0 Å². The van der Waals surface area contributed by atoms with Crippen molar-refractivity contribution >= 4 is 23.4 Å². The fourth-order valence-electron chi connectivity index (χ4n) is 2.15. The topological polar surface area (TPSA) is 41.1 Å². The first kappa shape index (κ1) is 18.4. The number of rotatable bonds is 7. The van der Waals surface area contributed by atoms with Gasteiger partial charge in [0.15, 0.2) is 0 Å². The number of para-hydroxylation sites is 1. The molecule has 0 radical (unpaired) electrons. The minimum atomic E-state index is -2.57. The normalized spacial score (nSPS) is 12.2. The van der Waals surface area contributed by atoms with Crippen molar-refractivity contribution in [2.45, 2.75) is 23.6 Å². The third kappa shape index (κ3) is 5.28. The molecule has 0 saturated heterocycles. The van der Waals surface area contributed by atoms with E-state index in [2.05, 4.69) is 10.6 Å². The number of anilines is 1. The number of benzene rings is 2. The van der Waals surface area contributed by atoms with E-state index in [9.17, 15) is 18.0 Å². The number of thioether (sulfide) groups is 1. The lowest BCUT2D eigenvalue weighted by atomic mass is 10.1. The van der Waals surface area contributed by atoms with Gasteiger partial charge in [0.2, 0.25) is 5.91 Å².